The summed E-state index contributed by atoms with van der Waals surface area (Å²) in [5.41, 5.74) is 3.37. The van der Waals surface area contributed by atoms with Gasteiger partial charge in [0, 0.05) is 24.8 Å². The van der Waals surface area contributed by atoms with Crippen molar-refractivity contribution in [2.75, 3.05) is 18.6 Å². The van der Waals surface area contributed by atoms with Gasteiger partial charge in [-0.15, -0.1) is 0 Å². The molecule has 0 aliphatic heterocycles. The van der Waals surface area contributed by atoms with Crippen LogP contribution in [-0.4, -0.2) is 18.8 Å². The van der Waals surface area contributed by atoms with E-state index >= 15 is 0 Å². The molecule has 0 unspecified atom stereocenters. The maximum absolute atomic E-state index is 8.65. The fraction of sp³-hybridized carbons (Fsp3) is 0.176. The largest absolute Gasteiger partial charge is 0.384 e. The first-order chi connectivity index (χ1) is 9.29. The van der Waals surface area contributed by atoms with E-state index in [9.17, 15) is 0 Å². The molecule has 0 amide bonds. The van der Waals surface area contributed by atoms with Gasteiger partial charge in [0.05, 0.1) is 0 Å². The fourth-order valence-electron chi connectivity index (χ4n) is 1.88. The third-order valence-electron chi connectivity index (χ3n) is 2.88. The van der Waals surface area contributed by atoms with Crippen LogP contribution in [0.5, 0.6) is 0 Å². The van der Waals surface area contributed by atoms with Gasteiger partial charge in [0.25, 0.3) is 0 Å². The smallest absolute Gasteiger partial charge is 0.104 e. The molecule has 1 N–H and O–H groups in total. The molecule has 19 heavy (non-hydrogen) atoms. The van der Waals surface area contributed by atoms with E-state index in [1.807, 2.05) is 30.3 Å². The lowest BCUT2D eigenvalue weighted by Crippen LogP contribution is -2.15. The lowest BCUT2D eigenvalue weighted by Gasteiger charge is -2.19. The van der Waals surface area contributed by atoms with Gasteiger partial charge in [0.1, 0.15) is 6.61 Å². The second-order valence-corrected chi connectivity index (χ2v) is 4.35. The normalized spacial score (nSPS) is 9.58. The molecule has 96 valence electrons. The van der Waals surface area contributed by atoms with E-state index in [2.05, 4.69) is 48.1 Å². The number of nitrogens with zero attached hydrogens (tertiary/aromatic N) is 1. The van der Waals surface area contributed by atoms with Crippen molar-refractivity contribution in [3.63, 3.8) is 0 Å². The summed E-state index contributed by atoms with van der Waals surface area (Å²) in [7, 11) is 2.08. The molecule has 0 fully saturated rings. The Balaban J connectivity index is 2.03. The van der Waals surface area contributed by atoms with Crippen molar-refractivity contribution in [3.05, 3.63) is 65.7 Å². The van der Waals surface area contributed by atoms with E-state index in [0.29, 0.717) is 0 Å². The minimum Gasteiger partial charge on any atom is -0.384 e. The van der Waals surface area contributed by atoms with Crippen molar-refractivity contribution in [1.29, 1.82) is 0 Å². The highest BCUT2D eigenvalue weighted by Crippen LogP contribution is 2.14. The minimum atomic E-state index is -0.0987. The average Bonchev–Trinajstić information content (AvgIpc) is 2.47. The molecule has 0 aliphatic rings. The number of hydrogen-bond acceptors (Lipinski definition) is 2. The van der Waals surface area contributed by atoms with Gasteiger partial charge in [-0.25, -0.2) is 0 Å². The molecule has 0 spiro atoms. The molecule has 2 aromatic carbocycles. The first kappa shape index (κ1) is 13.2. The Morgan fingerprint density at radius 3 is 2.32 bits per heavy atom. The van der Waals surface area contributed by atoms with Gasteiger partial charge in [-0.2, -0.15) is 0 Å². The third kappa shape index (κ3) is 3.87. The zero-order chi connectivity index (χ0) is 13.5. The fourth-order valence-corrected chi connectivity index (χ4v) is 1.88. The summed E-state index contributed by atoms with van der Waals surface area (Å²) in [6.45, 7) is 0.760. The second-order valence-electron chi connectivity index (χ2n) is 4.35. The van der Waals surface area contributed by atoms with Crippen LogP contribution in [-0.2, 0) is 6.54 Å². The monoisotopic (exact) mass is 251 g/mol. The van der Waals surface area contributed by atoms with Crippen LogP contribution in [0.25, 0.3) is 0 Å². The van der Waals surface area contributed by atoms with Gasteiger partial charge in [-0.05, 0) is 29.8 Å². The summed E-state index contributed by atoms with van der Waals surface area (Å²) in [6, 6.07) is 18.4. The number of rotatable bonds is 3. The summed E-state index contributed by atoms with van der Waals surface area (Å²) >= 11 is 0. The molecule has 0 bridgehead atoms. The minimum absolute atomic E-state index is 0.0987. The molecule has 2 aromatic rings. The Morgan fingerprint density at radius 1 is 1.00 bits per heavy atom. The summed E-state index contributed by atoms with van der Waals surface area (Å²) in [6.07, 6.45) is 0. The molecule has 0 atom stereocenters. The van der Waals surface area contributed by atoms with Gasteiger partial charge in [-0.1, -0.05) is 42.2 Å². The van der Waals surface area contributed by atoms with Crippen molar-refractivity contribution in [1.82, 2.24) is 0 Å². The number of aliphatic hydroxyl groups excluding tert-OH is 1. The van der Waals surface area contributed by atoms with Crippen molar-refractivity contribution in [3.8, 4) is 11.8 Å². The van der Waals surface area contributed by atoms with Crippen molar-refractivity contribution in [2.45, 2.75) is 6.54 Å². The molecule has 0 saturated heterocycles. The number of aliphatic hydroxyl groups is 1. The molecule has 0 aromatic heterocycles. The quantitative estimate of drug-likeness (QED) is 0.848. The van der Waals surface area contributed by atoms with Gasteiger partial charge in [0.2, 0.25) is 0 Å². The Labute approximate surface area is 114 Å². The molecule has 0 saturated carbocycles. The van der Waals surface area contributed by atoms with Gasteiger partial charge in [0.15, 0.2) is 0 Å². The zero-order valence-corrected chi connectivity index (χ0v) is 11.0. The molecule has 0 heterocycles. The topological polar surface area (TPSA) is 23.5 Å². The number of anilines is 1. The maximum Gasteiger partial charge on any atom is 0.104 e. The van der Waals surface area contributed by atoms with E-state index in [0.717, 1.165) is 12.1 Å². The Hall–Kier alpha value is -2.24. The van der Waals surface area contributed by atoms with E-state index in [1.165, 1.54) is 11.3 Å². The SMILES string of the molecule is CN(Cc1ccc(C#CCO)cc1)c1ccccc1. The van der Waals surface area contributed by atoms with Gasteiger partial charge >= 0.3 is 0 Å². The maximum atomic E-state index is 8.65. The van der Waals surface area contributed by atoms with Crippen molar-refractivity contribution < 1.29 is 5.11 Å². The molecular formula is C17H17NO. The molecule has 2 rings (SSSR count). The summed E-state index contributed by atoms with van der Waals surface area (Å²) in [5, 5.41) is 8.65. The van der Waals surface area contributed by atoms with Crippen LogP contribution in [0.15, 0.2) is 54.6 Å². The van der Waals surface area contributed by atoms with Gasteiger partial charge in [-0.3, -0.25) is 0 Å². The first-order valence-electron chi connectivity index (χ1n) is 6.24. The zero-order valence-electron chi connectivity index (χ0n) is 11.0. The molecule has 2 heteroatoms. The lowest BCUT2D eigenvalue weighted by atomic mass is 10.1. The Morgan fingerprint density at radius 2 is 1.68 bits per heavy atom. The summed E-state index contributed by atoms with van der Waals surface area (Å²) in [5.74, 6) is 5.54. The highest BCUT2D eigenvalue weighted by molar-refractivity contribution is 5.46. The predicted octanol–water partition coefficient (Wildman–Crippen LogP) is 2.67. The highest BCUT2D eigenvalue weighted by Gasteiger charge is 2.01. The first-order valence-corrected chi connectivity index (χ1v) is 6.24. The highest BCUT2D eigenvalue weighted by atomic mass is 16.2. The molecule has 0 radical (unpaired) electrons. The van der Waals surface area contributed by atoms with Crippen LogP contribution >= 0.6 is 0 Å². The van der Waals surface area contributed by atoms with E-state index < -0.39 is 0 Å². The lowest BCUT2D eigenvalue weighted by molar-refractivity contribution is 0.350. The van der Waals surface area contributed by atoms with E-state index in [-0.39, 0.29) is 6.61 Å². The standard InChI is InChI=1S/C17H17NO/c1-18(17-7-3-2-4-8-17)14-16-11-9-15(10-12-16)6-5-13-19/h2-4,7-12,19H,13-14H2,1H3. The van der Waals surface area contributed by atoms with Crippen LogP contribution in [0, 0.1) is 11.8 Å². The van der Waals surface area contributed by atoms with E-state index in [4.69, 9.17) is 5.11 Å². The van der Waals surface area contributed by atoms with Crippen LogP contribution in [0.4, 0.5) is 5.69 Å². The van der Waals surface area contributed by atoms with Gasteiger partial charge < -0.3 is 10.0 Å². The molecular weight excluding hydrogens is 234 g/mol. The van der Waals surface area contributed by atoms with Crippen molar-refractivity contribution in [2.24, 2.45) is 0 Å². The van der Waals surface area contributed by atoms with Crippen LogP contribution in [0.2, 0.25) is 0 Å². The summed E-state index contributed by atoms with van der Waals surface area (Å²) in [4.78, 5) is 2.20. The molecule has 0 aliphatic carbocycles. The van der Waals surface area contributed by atoms with Crippen molar-refractivity contribution >= 4 is 5.69 Å². The van der Waals surface area contributed by atoms with E-state index in [1.54, 1.807) is 0 Å². The second kappa shape index (κ2) is 6.63. The van der Waals surface area contributed by atoms with Crippen LogP contribution < -0.4 is 4.90 Å². The van der Waals surface area contributed by atoms with Crippen LogP contribution in [0.1, 0.15) is 11.1 Å². The Bertz CT molecular complexity index is 564. The number of hydrogen-bond donors (Lipinski definition) is 1. The summed E-state index contributed by atoms with van der Waals surface area (Å²) < 4.78 is 0. The average molecular weight is 251 g/mol. The number of benzene rings is 2. The predicted molar refractivity (Wildman–Crippen MR) is 79.0 cm³/mol. The Kier molecular flexibility index (Phi) is 4.60. The van der Waals surface area contributed by atoms with Crippen LogP contribution in [0.3, 0.4) is 0 Å². The third-order valence-corrected chi connectivity index (χ3v) is 2.88. The molecule has 2 nitrogen and oxygen atoms in total. The number of para-hydroxylation sites is 1.